The summed E-state index contributed by atoms with van der Waals surface area (Å²) in [7, 11) is 0. The molecule has 0 unspecified atom stereocenters. The maximum absolute atomic E-state index is 4.65. The second-order valence-corrected chi connectivity index (χ2v) is 11.0. The molecule has 0 spiro atoms. The number of para-hydroxylation sites is 3. The van der Waals surface area contributed by atoms with Crippen LogP contribution in [0.3, 0.4) is 0 Å². The molecule has 6 aromatic rings. The van der Waals surface area contributed by atoms with Crippen LogP contribution in [0, 0.1) is 18.8 Å². The van der Waals surface area contributed by atoms with E-state index in [1.165, 1.54) is 33.6 Å². The van der Waals surface area contributed by atoms with Gasteiger partial charge in [0, 0.05) is 43.7 Å². The van der Waals surface area contributed by atoms with E-state index in [9.17, 15) is 0 Å². The Morgan fingerprint density at radius 2 is 1.20 bits per heavy atom. The molecular formula is C38H24BN4Pd-3. The average Bonchev–Trinajstić information content (AvgIpc) is 3.59. The molecule has 0 N–H and O–H groups in total. The Bertz CT molecular complexity index is 2050. The zero-order valence-corrected chi connectivity index (χ0v) is 25.1. The third-order valence-electron chi connectivity index (χ3n) is 8.56. The topological polar surface area (TPSA) is 22.6 Å². The number of anilines is 4. The van der Waals surface area contributed by atoms with E-state index in [1.807, 2.05) is 24.4 Å². The molecule has 212 valence electrons. The van der Waals surface area contributed by atoms with Crippen LogP contribution in [-0.4, -0.2) is 11.8 Å². The largest absolute Gasteiger partial charge is 0.500 e. The predicted molar refractivity (Wildman–Crippen MR) is 177 cm³/mol. The molecule has 1 aromatic heterocycles. The molecule has 0 saturated heterocycles. The second kappa shape index (κ2) is 10.7. The van der Waals surface area contributed by atoms with Gasteiger partial charge in [-0.1, -0.05) is 72.3 Å². The van der Waals surface area contributed by atoms with Gasteiger partial charge in [0.15, 0.2) is 0 Å². The summed E-state index contributed by atoms with van der Waals surface area (Å²) in [6.07, 6.45) is 6.02. The Balaban J connectivity index is 0.00000289. The fourth-order valence-electron chi connectivity index (χ4n) is 6.62. The van der Waals surface area contributed by atoms with Crippen molar-refractivity contribution in [2.45, 2.75) is 0 Å². The normalized spacial score (nSPS) is 13.8. The van der Waals surface area contributed by atoms with Crippen LogP contribution in [0.5, 0.6) is 0 Å². The summed E-state index contributed by atoms with van der Waals surface area (Å²) in [6.45, 7) is 2.01. The number of hydrogen-bond donors (Lipinski definition) is 0. The third kappa shape index (κ3) is 4.14. The number of rotatable bonds is 3. The molecule has 5 aromatic carbocycles. The summed E-state index contributed by atoms with van der Waals surface area (Å²) in [4.78, 5) is 11.4. The predicted octanol–water partition coefficient (Wildman–Crippen LogP) is 7.17. The van der Waals surface area contributed by atoms with Gasteiger partial charge < -0.3 is 19.6 Å². The second-order valence-electron chi connectivity index (χ2n) is 11.0. The van der Waals surface area contributed by atoms with Gasteiger partial charge in [0.1, 0.15) is 0 Å². The number of nitrogens with zero attached hydrogens (tertiary/aromatic N) is 4. The van der Waals surface area contributed by atoms with Crippen molar-refractivity contribution < 1.29 is 20.4 Å². The number of fused-ring (bicyclic) bond motifs is 11. The molecule has 0 fully saturated rings. The van der Waals surface area contributed by atoms with Gasteiger partial charge in [-0.25, -0.2) is 0 Å². The van der Waals surface area contributed by atoms with E-state index in [-0.39, 0.29) is 27.3 Å². The molecule has 4 heterocycles. The van der Waals surface area contributed by atoms with Crippen molar-refractivity contribution >= 4 is 40.5 Å². The standard InChI is InChI=1S/C38H24BN4.Pd/c1-2-10-28(11-3-1)41-22-23-42(26-41)29-18-20-31-33-13-5-7-16-38(33)43-37-15-6-4-12-32(37)30-19-17-27(36-14-8-9-21-40-36)24-34(30)39(43)35(31)25-29;/h1-23,26H;/q-3;. The Morgan fingerprint density at radius 1 is 0.568 bits per heavy atom. The van der Waals surface area contributed by atoms with Gasteiger partial charge >= 0.3 is 0 Å². The van der Waals surface area contributed by atoms with Crippen LogP contribution in [-0.2, 0) is 20.4 Å². The summed E-state index contributed by atoms with van der Waals surface area (Å²) in [6, 6.07) is 50.4. The molecular weight excluding hydrogens is 630 g/mol. The van der Waals surface area contributed by atoms with E-state index in [1.54, 1.807) is 0 Å². The molecule has 44 heavy (non-hydrogen) atoms. The first-order chi connectivity index (χ1) is 21.3. The third-order valence-corrected chi connectivity index (χ3v) is 8.56. The molecule has 3 aliphatic heterocycles. The van der Waals surface area contributed by atoms with Crippen molar-refractivity contribution in [2.24, 2.45) is 0 Å². The van der Waals surface area contributed by atoms with E-state index in [0.717, 1.165) is 33.6 Å². The minimum atomic E-state index is -0.102. The first kappa shape index (κ1) is 26.7. The molecule has 3 aliphatic rings. The van der Waals surface area contributed by atoms with E-state index >= 15 is 0 Å². The quantitative estimate of drug-likeness (QED) is 0.149. The Morgan fingerprint density at radius 3 is 1.93 bits per heavy atom. The molecule has 0 aliphatic carbocycles. The van der Waals surface area contributed by atoms with Gasteiger partial charge in [-0.15, -0.1) is 58.8 Å². The van der Waals surface area contributed by atoms with Crippen LogP contribution >= 0.6 is 0 Å². The number of hydrogen-bond acceptors (Lipinski definition) is 4. The van der Waals surface area contributed by atoms with Gasteiger partial charge in [0.25, 0.3) is 6.85 Å². The molecule has 0 saturated carbocycles. The van der Waals surface area contributed by atoms with Gasteiger partial charge in [0.05, 0.1) is 0 Å². The van der Waals surface area contributed by atoms with Crippen molar-refractivity contribution in [3.63, 3.8) is 0 Å². The number of aromatic nitrogens is 1. The van der Waals surface area contributed by atoms with Crippen molar-refractivity contribution in [3.05, 3.63) is 159 Å². The maximum atomic E-state index is 4.65. The van der Waals surface area contributed by atoms with E-state index < -0.39 is 0 Å². The summed E-state index contributed by atoms with van der Waals surface area (Å²) >= 11 is 0. The fraction of sp³-hybridized carbons (Fsp3) is 0. The van der Waals surface area contributed by atoms with Crippen LogP contribution in [0.15, 0.2) is 140 Å². The van der Waals surface area contributed by atoms with Crippen LogP contribution in [0.1, 0.15) is 0 Å². The zero-order chi connectivity index (χ0) is 28.3. The van der Waals surface area contributed by atoms with Crippen molar-refractivity contribution in [1.82, 2.24) is 4.98 Å². The molecule has 0 bridgehead atoms. The van der Waals surface area contributed by atoms with E-state index in [0.29, 0.717) is 0 Å². The minimum Gasteiger partial charge on any atom is -0.500 e. The van der Waals surface area contributed by atoms with Gasteiger partial charge in [-0.3, -0.25) is 0 Å². The molecule has 6 heteroatoms. The van der Waals surface area contributed by atoms with Gasteiger partial charge in [-0.2, -0.15) is 17.6 Å². The van der Waals surface area contributed by atoms with Crippen LogP contribution in [0.4, 0.5) is 22.7 Å². The Kier molecular flexibility index (Phi) is 6.49. The van der Waals surface area contributed by atoms with E-state index in [4.69, 9.17) is 0 Å². The van der Waals surface area contributed by atoms with Crippen molar-refractivity contribution in [1.29, 1.82) is 0 Å². The Labute approximate surface area is 271 Å². The van der Waals surface area contributed by atoms with Crippen LogP contribution < -0.4 is 25.5 Å². The monoisotopic (exact) mass is 653 g/mol. The van der Waals surface area contributed by atoms with Crippen LogP contribution in [0.2, 0.25) is 0 Å². The molecule has 0 atom stereocenters. The molecule has 0 amide bonds. The molecule has 4 nitrogen and oxygen atoms in total. The summed E-state index contributed by atoms with van der Waals surface area (Å²) in [5, 5.41) is 0. The summed E-state index contributed by atoms with van der Waals surface area (Å²) in [5.41, 5.74) is 13.5. The molecule has 9 rings (SSSR count). The maximum Gasteiger partial charge on any atom is 0.285 e. The number of benzene rings is 5. The van der Waals surface area contributed by atoms with Crippen molar-refractivity contribution in [2.75, 3.05) is 14.6 Å². The Hall–Kier alpha value is -4.88. The number of pyridine rings is 1. The fourth-order valence-corrected chi connectivity index (χ4v) is 6.62. The van der Waals surface area contributed by atoms with E-state index in [2.05, 4.69) is 154 Å². The smallest absolute Gasteiger partial charge is 0.285 e. The van der Waals surface area contributed by atoms with Crippen molar-refractivity contribution in [3.8, 4) is 33.5 Å². The minimum absolute atomic E-state index is 0. The first-order valence-corrected chi connectivity index (χ1v) is 14.5. The summed E-state index contributed by atoms with van der Waals surface area (Å²) < 4.78 is 0. The first-order valence-electron chi connectivity index (χ1n) is 14.5. The average molecular weight is 654 g/mol. The zero-order valence-electron chi connectivity index (χ0n) is 23.5. The molecule has 0 radical (unpaired) electrons. The SMILES string of the molecule is [Pd].[c-]1c(-c2ccccn2)ccc2c1B1c3[c-]c(N4C=CN(c5ccccc5)[CH-]4)ccc3-c3ccccc3N1c1ccccc1-2. The summed E-state index contributed by atoms with van der Waals surface area (Å²) in [5.74, 6) is 0. The van der Waals surface area contributed by atoms with Crippen LogP contribution in [0.25, 0.3) is 33.5 Å². The van der Waals surface area contributed by atoms with Gasteiger partial charge in [0.2, 0.25) is 0 Å². The van der Waals surface area contributed by atoms with Gasteiger partial charge in [-0.05, 0) is 54.0 Å².